The molecule has 1 rings (SSSR count). The normalized spacial score (nSPS) is 22.2. The van der Waals surface area contributed by atoms with E-state index in [1.165, 1.54) is 0 Å². The molecule has 4 heteroatoms. The fraction of sp³-hybridized carbons (Fsp3) is 0.875. The van der Waals surface area contributed by atoms with Crippen LogP contribution in [0.15, 0.2) is 0 Å². The lowest BCUT2D eigenvalue weighted by Gasteiger charge is -2.09. The van der Waals surface area contributed by atoms with Crippen LogP contribution in [0, 0.1) is 0 Å². The first-order valence-corrected chi connectivity index (χ1v) is 4.33. The maximum atomic E-state index is 10.9. The highest BCUT2D eigenvalue weighted by Gasteiger charge is 2.20. The summed E-state index contributed by atoms with van der Waals surface area (Å²) >= 11 is 0. The molecule has 0 saturated carbocycles. The van der Waals surface area contributed by atoms with Crippen molar-refractivity contribution in [2.75, 3.05) is 13.2 Å². The van der Waals surface area contributed by atoms with Crippen LogP contribution in [0.2, 0.25) is 0 Å². The Kier molecular flexibility index (Phi) is 3.87. The van der Waals surface area contributed by atoms with Gasteiger partial charge in [0.2, 0.25) is 0 Å². The molecule has 1 fully saturated rings. The van der Waals surface area contributed by atoms with Crippen molar-refractivity contribution >= 4 is 6.16 Å². The monoisotopic (exact) mass is 172 g/mol. The summed E-state index contributed by atoms with van der Waals surface area (Å²) in [6.45, 7) is 3.16. The number of rotatable bonds is 3. The predicted molar refractivity (Wildman–Crippen MR) is 42.7 cm³/mol. The van der Waals surface area contributed by atoms with E-state index in [1.54, 1.807) is 0 Å². The van der Waals surface area contributed by atoms with Gasteiger partial charge < -0.3 is 9.47 Å². The summed E-state index contributed by atoms with van der Waals surface area (Å²) in [4.78, 5) is 10.9. The minimum atomic E-state index is -0.590. The van der Waals surface area contributed by atoms with Gasteiger partial charge in [-0.05, 0) is 12.8 Å². The summed E-state index contributed by atoms with van der Waals surface area (Å²) in [6, 6.07) is 0. The van der Waals surface area contributed by atoms with E-state index in [-0.39, 0.29) is 6.23 Å². The zero-order valence-corrected chi connectivity index (χ0v) is 7.28. The molecule has 1 saturated heterocycles. The molecule has 12 heavy (non-hydrogen) atoms. The van der Waals surface area contributed by atoms with Crippen molar-refractivity contribution in [2.24, 2.45) is 0 Å². The summed E-state index contributed by atoms with van der Waals surface area (Å²) in [5.41, 5.74) is 0. The van der Waals surface area contributed by atoms with Crippen molar-refractivity contribution < 1.29 is 14.3 Å². The molecule has 0 aliphatic carbocycles. The van der Waals surface area contributed by atoms with Crippen molar-refractivity contribution in [2.45, 2.75) is 32.4 Å². The zero-order valence-electron chi connectivity index (χ0n) is 7.28. The van der Waals surface area contributed by atoms with Crippen molar-refractivity contribution in [3.05, 3.63) is 0 Å². The third-order valence-electron chi connectivity index (χ3n) is 1.60. The molecular weight excluding hydrogens is 158 g/mol. The molecule has 1 aliphatic heterocycles. The zero-order chi connectivity index (χ0) is 8.81. The minimum absolute atomic E-state index is 0.255. The molecule has 0 aromatic heterocycles. The average molecular weight is 172 g/mol. The molecular formula is C8H14NO3. The molecule has 1 unspecified atom stereocenters. The molecule has 0 aromatic carbocycles. The maximum absolute atomic E-state index is 10.9. The second-order valence-corrected chi connectivity index (χ2v) is 2.72. The van der Waals surface area contributed by atoms with E-state index in [2.05, 4.69) is 5.32 Å². The van der Waals surface area contributed by atoms with Crippen molar-refractivity contribution in [1.29, 1.82) is 0 Å². The first-order valence-electron chi connectivity index (χ1n) is 4.33. The molecule has 0 N–H and O–H groups in total. The number of carbonyl (C=O) groups is 1. The van der Waals surface area contributed by atoms with Gasteiger partial charge in [0.05, 0.1) is 6.61 Å². The van der Waals surface area contributed by atoms with Gasteiger partial charge in [-0.25, -0.2) is 10.1 Å². The van der Waals surface area contributed by atoms with Crippen LogP contribution in [0.3, 0.4) is 0 Å². The summed E-state index contributed by atoms with van der Waals surface area (Å²) in [6.07, 6.45) is 1.81. The highest BCUT2D eigenvalue weighted by Crippen LogP contribution is 2.08. The summed E-state index contributed by atoms with van der Waals surface area (Å²) in [7, 11) is 0. The lowest BCUT2D eigenvalue weighted by molar-refractivity contribution is 0.0176. The van der Waals surface area contributed by atoms with E-state index in [0.717, 1.165) is 25.8 Å². The van der Waals surface area contributed by atoms with E-state index in [1.807, 2.05) is 6.92 Å². The molecule has 1 radical (unpaired) electrons. The van der Waals surface area contributed by atoms with Crippen molar-refractivity contribution in [3.8, 4) is 0 Å². The summed E-state index contributed by atoms with van der Waals surface area (Å²) in [5.74, 6) is 0. The van der Waals surface area contributed by atoms with Crippen LogP contribution < -0.4 is 5.32 Å². The van der Waals surface area contributed by atoms with Gasteiger partial charge in [0.25, 0.3) is 0 Å². The Morgan fingerprint density at radius 3 is 3.08 bits per heavy atom. The Labute approximate surface area is 72.2 Å². The lowest BCUT2D eigenvalue weighted by atomic mass is 10.4. The van der Waals surface area contributed by atoms with Crippen LogP contribution >= 0.6 is 0 Å². The van der Waals surface area contributed by atoms with Gasteiger partial charge in [-0.1, -0.05) is 6.92 Å². The van der Waals surface area contributed by atoms with Gasteiger partial charge in [-0.2, -0.15) is 0 Å². The molecule has 0 bridgehead atoms. The Bertz CT molecular complexity index is 143. The van der Waals surface area contributed by atoms with Gasteiger partial charge >= 0.3 is 6.16 Å². The van der Waals surface area contributed by atoms with Crippen LogP contribution in [0.4, 0.5) is 4.79 Å². The number of ether oxygens (including phenoxy) is 2. The van der Waals surface area contributed by atoms with Crippen LogP contribution in [-0.2, 0) is 9.47 Å². The first kappa shape index (κ1) is 9.32. The third kappa shape index (κ3) is 3.09. The Morgan fingerprint density at radius 1 is 1.67 bits per heavy atom. The second-order valence-electron chi connectivity index (χ2n) is 2.72. The number of carbonyl (C=O) groups excluding carboxylic acids is 1. The standard InChI is InChI=1S/C8H14NO3/c1-2-6-11-8(10)12-7-4-3-5-9-7/h7H,2-6H2,1H3. The van der Waals surface area contributed by atoms with Crippen molar-refractivity contribution in [3.63, 3.8) is 0 Å². The molecule has 1 atom stereocenters. The number of hydrogen-bond acceptors (Lipinski definition) is 3. The number of nitrogens with zero attached hydrogens (tertiary/aromatic N) is 1. The van der Waals surface area contributed by atoms with E-state index >= 15 is 0 Å². The molecule has 0 spiro atoms. The third-order valence-corrected chi connectivity index (χ3v) is 1.60. The first-order chi connectivity index (χ1) is 5.83. The highest BCUT2D eigenvalue weighted by atomic mass is 16.7. The highest BCUT2D eigenvalue weighted by molar-refractivity contribution is 5.60. The van der Waals surface area contributed by atoms with E-state index in [4.69, 9.17) is 9.47 Å². The second kappa shape index (κ2) is 4.98. The molecule has 69 valence electrons. The average Bonchev–Trinajstić information content (AvgIpc) is 2.53. The van der Waals surface area contributed by atoms with Crippen LogP contribution in [0.5, 0.6) is 0 Å². The molecule has 0 amide bonds. The summed E-state index contributed by atoms with van der Waals surface area (Å²) in [5, 5.41) is 4.06. The number of hydrogen-bond donors (Lipinski definition) is 0. The largest absolute Gasteiger partial charge is 0.509 e. The van der Waals surface area contributed by atoms with Gasteiger partial charge in [0, 0.05) is 13.0 Å². The summed E-state index contributed by atoms with van der Waals surface area (Å²) < 4.78 is 9.62. The Balaban J connectivity index is 2.08. The fourth-order valence-corrected chi connectivity index (χ4v) is 1.02. The van der Waals surface area contributed by atoms with E-state index in [9.17, 15) is 4.79 Å². The Morgan fingerprint density at radius 2 is 2.50 bits per heavy atom. The van der Waals surface area contributed by atoms with Gasteiger partial charge in [0.1, 0.15) is 0 Å². The topological polar surface area (TPSA) is 49.6 Å². The van der Waals surface area contributed by atoms with Gasteiger partial charge in [-0.15, -0.1) is 0 Å². The van der Waals surface area contributed by atoms with Crippen LogP contribution in [0.25, 0.3) is 0 Å². The fourth-order valence-electron chi connectivity index (χ4n) is 1.02. The lowest BCUT2D eigenvalue weighted by Crippen LogP contribution is -2.23. The predicted octanol–water partition coefficient (Wildman–Crippen LogP) is 1.27. The van der Waals surface area contributed by atoms with Gasteiger partial charge in [-0.3, -0.25) is 0 Å². The van der Waals surface area contributed by atoms with E-state index in [0.29, 0.717) is 6.61 Å². The molecule has 4 nitrogen and oxygen atoms in total. The maximum Gasteiger partial charge on any atom is 0.509 e. The molecule has 0 aromatic rings. The SMILES string of the molecule is CCCOC(=O)OC1CCC[N]1. The molecule has 1 heterocycles. The van der Waals surface area contributed by atoms with Crippen LogP contribution in [-0.4, -0.2) is 25.5 Å². The quantitative estimate of drug-likeness (QED) is 0.602. The Hall–Kier alpha value is -0.770. The van der Waals surface area contributed by atoms with Crippen LogP contribution in [0.1, 0.15) is 26.2 Å². The van der Waals surface area contributed by atoms with Crippen molar-refractivity contribution in [1.82, 2.24) is 5.32 Å². The molecule has 1 aliphatic rings. The smallest absolute Gasteiger partial charge is 0.434 e. The van der Waals surface area contributed by atoms with E-state index < -0.39 is 6.16 Å². The minimum Gasteiger partial charge on any atom is -0.434 e. The van der Waals surface area contributed by atoms with Gasteiger partial charge in [0.15, 0.2) is 6.23 Å².